The molecule has 0 radical (unpaired) electrons. The van der Waals surface area contributed by atoms with Crippen LogP contribution in [-0.2, 0) is 4.79 Å². The highest BCUT2D eigenvalue weighted by Gasteiger charge is 1.70. The molecular weight excluding hydrogens is 259 g/mol. The molecule has 2 heterocycles. The zero-order chi connectivity index (χ0) is 12.8. The fraction of sp³-hybridized carbons (Fsp3) is 0.0833. The Morgan fingerprint density at radius 3 is 1.22 bits per heavy atom. The number of rotatable bonds is 1. The third-order valence-electron chi connectivity index (χ3n) is 1.32. The lowest BCUT2D eigenvalue weighted by Gasteiger charge is -1.84. The summed E-state index contributed by atoms with van der Waals surface area (Å²) in [7, 11) is 0. The topological polar surface area (TPSA) is 68.4 Å². The Balaban J connectivity index is 0. The number of aliphatic carboxylic acids is 1. The molecule has 0 aliphatic carbocycles. The number of carbonyl (C=O) groups is 1. The van der Waals surface area contributed by atoms with Crippen LogP contribution < -0.4 is 27.5 Å². The van der Waals surface area contributed by atoms with Gasteiger partial charge in [0.1, 0.15) is 6.67 Å². The molecule has 18 heavy (non-hydrogen) atoms. The Morgan fingerprint density at radius 1 is 0.889 bits per heavy atom. The summed E-state index contributed by atoms with van der Waals surface area (Å²) in [5.74, 6) is -1.66. The predicted molar refractivity (Wildman–Crippen MR) is 57.0 cm³/mol. The van der Waals surface area contributed by atoms with Crippen molar-refractivity contribution in [2.45, 2.75) is 0 Å². The standard InChI is InChI=1S/2C5H5N.C2H3FO2.ClH/c2*1-2-4-6-5-3-1;3-1-2(4)5;/h2*1-5H;1H2,(H,4,5);1H. The number of carboxylic acid groups (broad SMARTS) is 1. The minimum Gasteiger partial charge on any atom is -1.00 e. The van der Waals surface area contributed by atoms with Crippen LogP contribution in [0.25, 0.3) is 0 Å². The van der Waals surface area contributed by atoms with Crippen molar-refractivity contribution in [1.29, 1.82) is 0 Å². The average molecular weight is 273 g/mol. The first-order valence-corrected chi connectivity index (χ1v) is 4.85. The number of carboxylic acids is 1. The molecule has 0 aromatic carbocycles. The second-order valence-corrected chi connectivity index (χ2v) is 2.66. The van der Waals surface area contributed by atoms with E-state index in [9.17, 15) is 4.39 Å². The lowest BCUT2D eigenvalue weighted by Crippen LogP contribution is -3.00. The van der Waals surface area contributed by atoms with Gasteiger partial charge in [0.05, 0.1) is 5.97 Å². The third-order valence-corrected chi connectivity index (χ3v) is 1.32. The normalized spacial score (nSPS) is 7.39. The number of hydrogen-bond acceptors (Lipinski definition) is 2. The zero-order valence-corrected chi connectivity index (χ0v) is 10.3. The van der Waals surface area contributed by atoms with E-state index in [1.807, 2.05) is 61.2 Å². The van der Waals surface area contributed by atoms with Gasteiger partial charge in [0.25, 0.3) is 0 Å². The number of aromatic amines is 2. The summed E-state index contributed by atoms with van der Waals surface area (Å²) in [4.78, 5) is 14.7. The number of pyridine rings is 2. The summed E-state index contributed by atoms with van der Waals surface area (Å²) in [5.41, 5.74) is 0. The molecule has 0 spiro atoms. The van der Waals surface area contributed by atoms with E-state index in [0.717, 1.165) is 0 Å². The van der Waals surface area contributed by atoms with E-state index in [0.29, 0.717) is 0 Å². The predicted octanol–water partition coefficient (Wildman–Crippen LogP) is -3.29. The number of nitrogens with one attached hydrogen (secondary N) is 2. The monoisotopic (exact) mass is 272 g/mol. The smallest absolute Gasteiger partial charge is 0.166 e. The minimum atomic E-state index is -1.66. The first kappa shape index (κ1) is 18.4. The van der Waals surface area contributed by atoms with Crippen LogP contribution in [0, 0.1) is 0 Å². The molecule has 4 nitrogen and oxygen atoms in total. The van der Waals surface area contributed by atoms with Crippen LogP contribution in [0.1, 0.15) is 0 Å². The zero-order valence-electron chi connectivity index (χ0n) is 9.55. The van der Waals surface area contributed by atoms with Gasteiger partial charge in [-0.15, -0.1) is 0 Å². The average Bonchev–Trinajstić information content (AvgIpc) is 2.44. The number of aromatic nitrogens is 2. The van der Waals surface area contributed by atoms with Crippen molar-refractivity contribution in [2.75, 3.05) is 6.67 Å². The SMILES string of the molecule is O=C([O-])CF.[Cl-].c1cc[nH+]cc1.c1cc[nH+]cc1. The molecule has 0 aliphatic heterocycles. The molecule has 0 aliphatic rings. The summed E-state index contributed by atoms with van der Waals surface area (Å²) in [6.07, 6.45) is 7.50. The highest BCUT2D eigenvalue weighted by molar-refractivity contribution is 5.65. The molecule has 0 amide bonds. The maximum atomic E-state index is 10.5. The highest BCUT2D eigenvalue weighted by atomic mass is 35.5. The van der Waals surface area contributed by atoms with Gasteiger partial charge >= 0.3 is 0 Å². The lowest BCUT2D eigenvalue weighted by molar-refractivity contribution is -0.378. The Labute approximate surface area is 111 Å². The molecular formula is C12H14ClFN2O2. The van der Waals surface area contributed by atoms with Crippen LogP contribution in [0.3, 0.4) is 0 Å². The van der Waals surface area contributed by atoms with Gasteiger partial charge in [0.2, 0.25) is 0 Å². The van der Waals surface area contributed by atoms with Gasteiger partial charge in [-0.3, -0.25) is 0 Å². The van der Waals surface area contributed by atoms with E-state index in [1.54, 1.807) is 0 Å². The molecule has 98 valence electrons. The number of H-pyrrole nitrogens is 2. The summed E-state index contributed by atoms with van der Waals surface area (Å²) in [5, 5.41) is 8.88. The van der Waals surface area contributed by atoms with Crippen molar-refractivity contribution in [3.63, 3.8) is 0 Å². The molecule has 0 atom stereocenters. The summed E-state index contributed by atoms with van der Waals surface area (Å²) >= 11 is 0. The first-order chi connectivity index (χ1) is 8.27. The molecule has 0 bridgehead atoms. The molecule has 0 saturated carbocycles. The van der Waals surface area contributed by atoms with Crippen LogP contribution in [0.5, 0.6) is 0 Å². The Kier molecular flexibility index (Phi) is 15.3. The molecule has 2 aromatic rings. The van der Waals surface area contributed by atoms with Gasteiger partial charge in [0.15, 0.2) is 24.8 Å². The van der Waals surface area contributed by atoms with E-state index >= 15 is 0 Å². The maximum Gasteiger partial charge on any atom is 0.166 e. The third kappa shape index (κ3) is 16.4. The van der Waals surface area contributed by atoms with Crippen LogP contribution in [0.15, 0.2) is 61.2 Å². The summed E-state index contributed by atoms with van der Waals surface area (Å²) in [6.45, 7) is -1.39. The van der Waals surface area contributed by atoms with E-state index in [1.165, 1.54) is 0 Å². The Hall–Kier alpha value is -2.01. The van der Waals surface area contributed by atoms with Gasteiger partial charge < -0.3 is 22.3 Å². The molecule has 0 fully saturated rings. The second kappa shape index (κ2) is 15.0. The van der Waals surface area contributed by atoms with Gasteiger partial charge in [-0.25, -0.2) is 14.4 Å². The second-order valence-electron chi connectivity index (χ2n) is 2.66. The number of halogens is 2. The molecule has 0 saturated heterocycles. The first-order valence-electron chi connectivity index (χ1n) is 4.85. The van der Waals surface area contributed by atoms with Crippen molar-refractivity contribution in [2.24, 2.45) is 0 Å². The fourth-order valence-corrected chi connectivity index (χ4v) is 0.684. The van der Waals surface area contributed by atoms with Gasteiger partial charge in [-0.2, -0.15) is 0 Å². The van der Waals surface area contributed by atoms with Gasteiger partial charge in [-0.05, 0) is 0 Å². The van der Waals surface area contributed by atoms with Crippen molar-refractivity contribution in [3.8, 4) is 0 Å². The van der Waals surface area contributed by atoms with Crippen molar-refractivity contribution in [3.05, 3.63) is 61.2 Å². The van der Waals surface area contributed by atoms with Crippen LogP contribution in [-0.4, -0.2) is 12.6 Å². The quantitative estimate of drug-likeness (QED) is 0.546. The Morgan fingerprint density at radius 2 is 1.17 bits per heavy atom. The van der Waals surface area contributed by atoms with Crippen LogP contribution in [0.4, 0.5) is 4.39 Å². The Bertz CT molecular complexity index is 291. The summed E-state index contributed by atoms with van der Waals surface area (Å²) < 4.78 is 10.5. The van der Waals surface area contributed by atoms with E-state index < -0.39 is 12.6 Å². The van der Waals surface area contributed by atoms with E-state index in [4.69, 9.17) is 9.90 Å². The van der Waals surface area contributed by atoms with Crippen molar-refractivity contribution < 1.29 is 36.7 Å². The van der Waals surface area contributed by atoms with Crippen molar-refractivity contribution >= 4 is 5.97 Å². The largest absolute Gasteiger partial charge is 1.00 e. The lowest BCUT2D eigenvalue weighted by atomic mass is 10.5. The highest BCUT2D eigenvalue weighted by Crippen LogP contribution is 1.69. The molecule has 2 aromatic heterocycles. The van der Waals surface area contributed by atoms with Gasteiger partial charge in [0, 0.05) is 24.3 Å². The number of carbonyl (C=O) groups excluding carboxylic acids is 1. The van der Waals surface area contributed by atoms with E-state index in [2.05, 4.69) is 9.97 Å². The molecule has 6 heteroatoms. The number of hydrogen-bond donors (Lipinski definition) is 0. The minimum absolute atomic E-state index is 0. The van der Waals surface area contributed by atoms with Crippen LogP contribution >= 0.6 is 0 Å². The number of alkyl halides is 1. The molecule has 2 N–H and O–H groups in total. The summed E-state index contributed by atoms with van der Waals surface area (Å²) in [6, 6.07) is 11.7. The maximum absolute atomic E-state index is 10.5. The molecule has 2 rings (SSSR count). The van der Waals surface area contributed by atoms with Gasteiger partial charge in [-0.1, -0.05) is 12.1 Å². The van der Waals surface area contributed by atoms with E-state index in [-0.39, 0.29) is 12.4 Å². The fourth-order valence-electron chi connectivity index (χ4n) is 0.684. The van der Waals surface area contributed by atoms with Crippen LogP contribution in [0.2, 0.25) is 0 Å². The molecule has 0 unspecified atom stereocenters. The van der Waals surface area contributed by atoms with Crippen molar-refractivity contribution in [1.82, 2.24) is 0 Å².